The first-order valence-electron chi connectivity index (χ1n) is 1.81. The van der Waals surface area contributed by atoms with Gasteiger partial charge < -0.3 is 7.96 Å². The summed E-state index contributed by atoms with van der Waals surface area (Å²) in [7, 11) is 0. The molecule has 3 nitrogen and oxygen atoms in total. The fraction of sp³-hybridized carbons (Fsp3) is 0.500. The van der Waals surface area contributed by atoms with Crippen molar-refractivity contribution in [3.8, 4) is 6.07 Å². The molecule has 0 aliphatic rings. The molecule has 0 rings (SSSR count). The molecule has 1 unspecified atom stereocenters. The third kappa shape index (κ3) is 4.38. The van der Waals surface area contributed by atoms with E-state index in [0.29, 0.717) is 0 Å². The van der Waals surface area contributed by atoms with Crippen molar-refractivity contribution in [2.24, 2.45) is 5.92 Å². The molecule has 4 heteroatoms. The number of rotatable bonds is 1. The van der Waals surface area contributed by atoms with Crippen LogP contribution < -0.4 is 0 Å². The number of aliphatic carboxylic acids is 1. The van der Waals surface area contributed by atoms with Gasteiger partial charge in [-0.25, -0.2) is 0 Å². The van der Waals surface area contributed by atoms with Gasteiger partial charge in [0.2, 0.25) is 0 Å². The van der Waals surface area contributed by atoms with E-state index in [2.05, 4.69) is 0 Å². The van der Waals surface area contributed by atoms with Crippen LogP contribution in [0.2, 0.25) is 0 Å². The molecule has 1 atom stereocenters. The molecule has 0 aromatic rings. The maximum Gasteiger partial charge on any atom is 2.00 e. The topological polar surface area (TPSA) is 61.1 Å². The molecule has 1 N–H and O–H groups in total. The van der Waals surface area contributed by atoms with Crippen LogP contribution in [-0.2, 0) is 4.79 Å². The summed E-state index contributed by atoms with van der Waals surface area (Å²) in [5.74, 6) is -1.94. The van der Waals surface area contributed by atoms with Crippen LogP contribution in [0.15, 0.2) is 0 Å². The second kappa shape index (κ2) is 5.36. The summed E-state index contributed by atoms with van der Waals surface area (Å²) in [6.45, 7) is 1.34. The first-order valence-corrected chi connectivity index (χ1v) is 1.81. The summed E-state index contributed by atoms with van der Waals surface area (Å²) in [5.41, 5.74) is 0. The molecule has 0 heterocycles. The number of carboxylic acid groups (broad SMARTS) is 1. The molecule has 0 saturated carbocycles. The van der Waals surface area contributed by atoms with Crippen molar-refractivity contribution in [1.82, 2.24) is 0 Å². The van der Waals surface area contributed by atoms with E-state index in [1.165, 1.54) is 6.92 Å². The predicted molar refractivity (Wildman–Crippen MR) is 30.4 cm³/mol. The van der Waals surface area contributed by atoms with Gasteiger partial charge in [0.05, 0.1) is 6.07 Å². The second-order valence-corrected chi connectivity index (χ2v) is 1.19. The average Bonchev–Trinajstić information content (AvgIpc) is 1.65. The van der Waals surface area contributed by atoms with Crippen molar-refractivity contribution in [3.63, 3.8) is 0 Å². The molecule has 0 saturated heterocycles. The zero-order chi connectivity index (χ0) is 5.86. The van der Waals surface area contributed by atoms with E-state index < -0.39 is 11.9 Å². The Hall–Kier alpha value is 0.220. The Kier molecular flexibility index (Phi) is 7.42. The van der Waals surface area contributed by atoms with Crippen LogP contribution >= 0.6 is 0 Å². The van der Waals surface area contributed by atoms with Gasteiger partial charge in [0.15, 0.2) is 0 Å². The molecule has 0 bridgehead atoms. The van der Waals surface area contributed by atoms with Crippen molar-refractivity contribution in [2.75, 3.05) is 0 Å². The molecule has 42 valence electrons. The van der Waals surface area contributed by atoms with Gasteiger partial charge in [-0.15, -0.1) is 0 Å². The van der Waals surface area contributed by atoms with E-state index in [1.807, 2.05) is 0 Å². The number of nitrogens with zero attached hydrogens (tertiary/aromatic N) is 1. The van der Waals surface area contributed by atoms with Gasteiger partial charge in [-0.2, -0.15) is 5.26 Å². The first-order chi connectivity index (χ1) is 3.18. The Balaban J connectivity index is -0.0000000600. The quantitative estimate of drug-likeness (QED) is 0.526. The van der Waals surface area contributed by atoms with Crippen molar-refractivity contribution in [2.45, 2.75) is 6.92 Å². The minimum Gasteiger partial charge on any atom is -1.00 e. The van der Waals surface area contributed by atoms with Crippen LogP contribution in [-0.4, -0.2) is 48.8 Å². The molecular weight excluding hydrogens is 134 g/mol. The van der Waals surface area contributed by atoms with Crippen molar-refractivity contribution in [3.05, 3.63) is 0 Å². The fourth-order valence-corrected chi connectivity index (χ4v) is 0.0552. The zero-order valence-corrected chi connectivity index (χ0v) is 6.80. The number of hydrogen-bond acceptors (Lipinski definition) is 2. The molecule has 0 aliphatic carbocycles. The van der Waals surface area contributed by atoms with E-state index in [-0.39, 0.29) is 40.6 Å². The number of hydrogen-bond donors (Lipinski definition) is 1. The van der Waals surface area contributed by atoms with Crippen LogP contribution in [0.1, 0.15) is 9.78 Å². The smallest absolute Gasteiger partial charge is 1.00 e. The number of carboxylic acids is 1. The Bertz CT molecular complexity index is 125. The van der Waals surface area contributed by atoms with Crippen molar-refractivity contribution in [1.29, 1.82) is 5.26 Å². The normalized spacial score (nSPS) is 10.5. The van der Waals surface area contributed by atoms with E-state index in [9.17, 15) is 4.79 Å². The third-order valence-electron chi connectivity index (χ3n) is 0.564. The maximum atomic E-state index is 9.71. The van der Waals surface area contributed by atoms with Gasteiger partial charge in [0, 0.05) is 0 Å². The van der Waals surface area contributed by atoms with Crippen LogP contribution in [0.4, 0.5) is 0 Å². The van der Waals surface area contributed by atoms with Crippen LogP contribution in [0.3, 0.4) is 0 Å². The van der Waals surface area contributed by atoms with Crippen LogP contribution in [0, 0.1) is 17.2 Å². The van der Waals surface area contributed by atoms with Gasteiger partial charge >= 0.3 is 43.7 Å². The Labute approximate surface area is 80.3 Å². The molecule has 0 radical (unpaired) electrons. The largest absolute Gasteiger partial charge is 2.00 e. The van der Waals surface area contributed by atoms with Gasteiger partial charge in [0.25, 0.3) is 0 Å². The van der Waals surface area contributed by atoms with Crippen molar-refractivity contribution < 1.29 is 12.8 Å². The van der Waals surface area contributed by atoms with E-state index in [0.717, 1.165) is 0 Å². The van der Waals surface area contributed by atoms with Gasteiger partial charge in [-0.1, -0.05) is 0 Å². The Morgan fingerprint density at radius 2 is 2.38 bits per heavy atom. The first kappa shape index (κ1) is 11.1. The van der Waals surface area contributed by atoms with E-state index in [4.69, 9.17) is 10.4 Å². The molecule has 8 heavy (non-hydrogen) atoms. The van der Waals surface area contributed by atoms with E-state index >= 15 is 0 Å². The van der Waals surface area contributed by atoms with Crippen LogP contribution in [0.5, 0.6) is 0 Å². The maximum absolute atomic E-state index is 9.71. The molecule has 0 aromatic heterocycles. The molecular formula is C4H7CaNO2. The Morgan fingerprint density at radius 1 is 2.00 bits per heavy atom. The SMILES string of the molecule is CC(C#N)C(=O)O.[Ca+2].[H-].[H-]. The average molecular weight is 141 g/mol. The molecule has 0 fully saturated rings. The van der Waals surface area contributed by atoms with Crippen molar-refractivity contribution >= 4 is 43.7 Å². The minimum absolute atomic E-state index is 0. The number of nitriles is 1. The summed E-state index contributed by atoms with van der Waals surface area (Å²) in [5, 5.41) is 15.8. The van der Waals surface area contributed by atoms with Gasteiger partial charge in [0.1, 0.15) is 5.92 Å². The zero-order valence-electron chi connectivity index (χ0n) is 6.59. The second-order valence-electron chi connectivity index (χ2n) is 1.19. The van der Waals surface area contributed by atoms with Gasteiger partial charge in [-0.3, -0.25) is 4.79 Å². The standard InChI is InChI=1S/C4H5NO2.Ca.2H/c1-3(2-5)4(6)7;;;/h3H,1H3,(H,6,7);;;/q;+2;2*-1. The van der Waals surface area contributed by atoms with Crippen LogP contribution in [0.25, 0.3) is 0 Å². The fourth-order valence-electron chi connectivity index (χ4n) is 0.0552. The summed E-state index contributed by atoms with van der Waals surface area (Å²) < 4.78 is 0. The summed E-state index contributed by atoms with van der Waals surface area (Å²) in [4.78, 5) is 9.71. The van der Waals surface area contributed by atoms with Gasteiger partial charge in [-0.05, 0) is 6.92 Å². The Morgan fingerprint density at radius 3 is 2.38 bits per heavy atom. The predicted octanol–water partition coefficient (Wildman–Crippen LogP) is 0.0749. The molecule has 0 spiro atoms. The van der Waals surface area contributed by atoms with E-state index in [1.54, 1.807) is 6.07 Å². The summed E-state index contributed by atoms with van der Waals surface area (Å²) in [6.07, 6.45) is 0. The molecule has 0 amide bonds. The summed E-state index contributed by atoms with van der Waals surface area (Å²) in [6, 6.07) is 1.56. The molecule has 0 aliphatic heterocycles. The molecule has 0 aromatic carbocycles. The summed E-state index contributed by atoms with van der Waals surface area (Å²) >= 11 is 0. The number of carbonyl (C=O) groups is 1. The third-order valence-corrected chi connectivity index (χ3v) is 0.564. The monoisotopic (exact) mass is 141 g/mol. The minimum atomic E-state index is -1.07.